The molecule has 0 aromatic heterocycles. The predicted octanol–water partition coefficient (Wildman–Crippen LogP) is 3.16. The molecule has 0 heterocycles. The third-order valence-corrected chi connectivity index (χ3v) is 5.16. The van der Waals surface area contributed by atoms with Gasteiger partial charge in [0.1, 0.15) is 5.78 Å². The minimum atomic E-state index is -3.59. The van der Waals surface area contributed by atoms with Crippen molar-refractivity contribution in [3.8, 4) is 0 Å². The molecule has 4 nitrogen and oxygen atoms in total. The molecule has 1 rings (SSSR count). The second-order valence-electron chi connectivity index (χ2n) is 5.29. The second kappa shape index (κ2) is 8.29. The smallest absolute Gasteiger partial charge is 0.243 e. The van der Waals surface area contributed by atoms with E-state index < -0.39 is 10.0 Å². The molecule has 0 aliphatic heterocycles. The zero-order chi connectivity index (χ0) is 15.9. The van der Waals surface area contributed by atoms with Crippen LogP contribution in [-0.2, 0) is 14.8 Å². The Hall–Kier alpha value is -1.20. The Morgan fingerprint density at radius 2 is 1.71 bits per heavy atom. The molecule has 118 valence electrons. The van der Waals surface area contributed by atoms with E-state index in [1.54, 1.807) is 24.3 Å². The summed E-state index contributed by atoms with van der Waals surface area (Å²) in [5, 5.41) is 0. The fourth-order valence-electron chi connectivity index (χ4n) is 2.03. The van der Waals surface area contributed by atoms with E-state index in [-0.39, 0.29) is 17.2 Å². The number of Topliss-reactive ketones (excluding diaryl/α,β-unsaturated/α-hetero) is 1. The number of hydrogen-bond acceptors (Lipinski definition) is 3. The summed E-state index contributed by atoms with van der Waals surface area (Å²) in [6.45, 7) is 6.20. The molecule has 0 atom stereocenters. The van der Waals surface area contributed by atoms with E-state index in [9.17, 15) is 13.2 Å². The van der Waals surface area contributed by atoms with Crippen LogP contribution in [0, 0.1) is 6.92 Å². The molecule has 5 heteroatoms. The molecule has 0 spiro atoms. The Kier molecular flexibility index (Phi) is 7.05. The molecule has 0 bridgehead atoms. The average Bonchev–Trinajstić information content (AvgIpc) is 2.44. The average molecular weight is 311 g/mol. The van der Waals surface area contributed by atoms with Gasteiger partial charge in [-0.3, -0.25) is 4.79 Å². The van der Waals surface area contributed by atoms with Gasteiger partial charge in [0, 0.05) is 13.0 Å². The Bertz CT molecular complexity index is 549. The lowest BCUT2D eigenvalue weighted by Crippen LogP contribution is -2.36. The number of aryl methyl sites for hydroxylation is 1. The fraction of sp³-hybridized carbons (Fsp3) is 0.562. The van der Waals surface area contributed by atoms with Crippen LogP contribution in [0.25, 0.3) is 0 Å². The highest BCUT2D eigenvalue weighted by atomic mass is 32.2. The van der Waals surface area contributed by atoms with E-state index in [1.165, 1.54) is 4.31 Å². The molecule has 0 fully saturated rings. The summed E-state index contributed by atoms with van der Waals surface area (Å²) >= 11 is 0. The number of rotatable bonds is 9. The predicted molar refractivity (Wildman–Crippen MR) is 84.8 cm³/mol. The Morgan fingerprint density at radius 1 is 1.10 bits per heavy atom. The van der Waals surface area contributed by atoms with Crippen molar-refractivity contribution < 1.29 is 13.2 Å². The number of sulfonamides is 1. The summed E-state index contributed by atoms with van der Waals surface area (Å²) in [4.78, 5) is 12.1. The lowest BCUT2D eigenvalue weighted by Gasteiger charge is -2.21. The molecule has 1 aromatic carbocycles. The van der Waals surface area contributed by atoms with Crippen LogP contribution in [0.15, 0.2) is 29.2 Å². The first-order chi connectivity index (χ1) is 9.91. The molecule has 0 aliphatic carbocycles. The number of carbonyl (C=O) groups excluding carboxylic acids is 1. The number of carbonyl (C=O) groups is 1. The maximum Gasteiger partial charge on any atom is 0.243 e. The zero-order valence-electron chi connectivity index (χ0n) is 13.1. The zero-order valence-corrected chi connectivity index (χ0v) is 13.9. The Labute approximate surface area is 128 Å². The van der Waals surface area contributed by atoms with Gasteiger partial charge >= 0.3 is 0 Å². The van der Waals surface area contributed by atoms with Crippen molar-refractivity contribution in [1.82, 2.24) is 4.31 Å². The molecule has 0 saturated carbocycles. The SMILES string of the molecule is CCCCN(CC(=O)CCC)S(=O)(=O)c1ccc(C)cc1. The standard InChI is InChI=1S/C16H25NO3S/c1-4-6-12-17(13-15(18)7-5-2)21(19,20)16-10-8-14(3)9-11-16/h8-11H,4-7,12-13H2,1-3H3. The van der Waals surface area contributed by atoms with Gasteiger partial charge in [0.2, 0.25) is 10.0 Å². The van der Waals surface area contributed by atoms with Crippen LogP contribution in [0.3, 0.4) is 0 Å². The van der Waals surface area contributed by atoms with Crippen molar-refractivity contribution in [3.05, 3.63) is 29.8 Å². The van der Waals surface area contributed by atoms with Crippen LogP contribution in [0.2, 0.25) is 0 Å². The molecule has 0 amide bonds. The molecular formula is C16H25NO3S. The minimum absolute atomic E-state index is 0.0238. The van der Waals surface area contributed by atoms with Crippen molar-refractivity contribution in [2.24, 2.45) is 0 Å². The highest BCUT2D eigenvalue weighted by Gasteiger charge is 2.25. The summed E-state index contributed by atoms with van der Waals surface area (Å²) in [7, 11) is -3.59. The molecule has 0 unspecified atom stereocenters. The maximum atomic E-state index is 12.7. The largest absolute Gasteiger partial charge is 0.298 e. The van der Waals surface area contributed by atoms with Gasteiger partial charge in [-0.05, 0) is 31.9 Å². The van der Waals surface area contributed by atoms with Gasteiger partial charge in [-0.2, -0.15) is 4.31 Å². The van der Waals surface area contributed by atoms with Crippen molar-refractivity contribution in [1.29, 1.82) is 0 Å². The highest BCUT2D eigenvalue weighted by molar-refractivity contribution is 7.89. The fourth-order valence-corrected chi connectivity index (χ4v) is 3.49. The van der Waals surface area contributed by atoms with E-state index in [4.69, 9.17) is 0 Å². The van der Waals surface area contributed by atoms with Crippen molar-refractivity contribution in [3.63, 3.8) is 0 Å². The van der Waals surface area contributed by atoms with Crippen LogP contribution in [-0.4, -0.2) is 31.6 Å². The molecule has 21 heavy (non-hydrogen) atoms. The van der Waals surface area contributed by atoms with Gasteiger partial charge in [0.05, 0.1) is 11.4 Å². The molecule has 0 radical (unpaired) electrons. The van der Waals surface area contributed by atoms with Crippen molar-refractivity contribution >= 4 is 15.8 Å². The first-order valence-electron chi connectivity index (χ1n) is 7.50. The van der Waals surface area contributed by atoms with E-state index in [1.807, 2.05) is 20.8 Å². The molecule has 0 N–H and O–H groups in total. The van der Waals surface area contributed by atoms with E-state index in [2.05, 4.69) is 0 Å². The van der Waals surface area contributed by atoms with Gasteiger partial charge in [0.25, 0.3) is 0 Å². The summed E-state index contributed by atoms with van der Waals surface area (Å²) in [6, 6.07) is 6.76. The lowest BCUT2D eigenvalue weighted by molar-refractivity contribution is -0.119. The molecule has 0 saturated heterocycles. The normalized spacial score (nSPS) is 11.8. The van der Waals surface area contributed by atoms with Crippen molar-refractivity contribution in [2.75, 3.05) is 13.1 Å². The van der Waals surface area contributed by atoms with Gasteiger partial charge in [-0.25, -0.2) is 8.42 Å². The number of nitrogens with zero attached hydrogens (tertiary/aromatic N) is 1. The third kappa shape index (κ3) is 5.25. The number of unbranched alkanes of at least 4 members (excludes halogenated alkanes) is 1. The molecule has 0 aliphatic rings. The van der Waals surface area contributed by atoms with E-state index in [0.717, 1.165) is 24.8 Å². The van der Waals surface area contributed by atoms with Gasteiger partial charge in [0.15, 0.2) is 0 Å². The van der Waals surface area contributed by atoms with E-state index >= 15 is 0 Å². The quantitative estimate of drug-likeness (QED) is 0.704. The molecular weight excluding hydrogens is 286 g/mol. The molecule has 1 aromatic rings. The first kappa shape index (κ1) is 17.9. The Balaban J connectivity index is 2.99. The minimum Gasteiger partial charge on any atom is -0.298 e. The van der Waals surface area contributed by atoms with Crippen LogP contribution in [0.4, 0.5) is 0 Å². The highest BCUT2D eigenvalue weighted by Crippen LogP contribution is 2.17. The first-order valence-corrected chi connectivity index (χ1v) is 8.94. The van der Waals surface area contributed by atoms with Crippen molar-refractivity contribution in [2.45, 2.75) is 51.3 Å². The topological polar surface area (TPSA) is 54.5 Å². The van der Waals surface area contributed by atoms with Gasteiger partial charge < -0.3 is 0 Å². The van der Waals surface area contributed by atoms with Crippen LogP contribution in [0.5, 0.6) is 0 Å². The lowest BCUT2D eigenvalue weighted by atomic mass is 10.2. The number of ketones is 1. The summed E-state index contributed by atoms with van der Waals surface area (Å²) in [5.74, 6) is -0.0238. The number of hydrogen-bond donors (Lipinski definition) is 0. The second-order valence-corrected chi connectivity index (χ2v) is 7.23. The monoisotopic (exact) mass is 311 g/mol. The Morgan fingerprint density at radius 3 is 2.24 bits per heavy atom. The van der Waals surface area contributed by atoms with E-state index in [0.29, 0.717) is 13.0 Å². The number of benzene rings is 1. The van der Waals surface area contributed by atoms with Crippen LogP contribution < -0.4 is 0 Å². The summed E-state index contributed by atoms with van der Waals surface area (Å²) in [6.07, 6.45) is 2.81. The van der Waals surface area contributed by atoms with Gasteiger partial charge in [-0.1, -0.05) is 38.0 Å². The third-order valence-electron chi connectivity index (χ3n) is 3.30. The van der Waals surface area contributed by atoms with Crippen LogP contribution in [0.1, 0.15) is 45.1 Å². The van der Waals surface area contributed by atoms with Gasteiger partial charge in [-0.15, -0.1) is 0 Å². The maximum absolute atomic E-state index is 12.7. The summed E-state index contributed by atoms with van der Waals surface area (Å²) < 4.78 is 26.6. The summed E-state index contributed by atoms with van der Waals surface area (Å²) in [5.41, 5.74) is 1.01. The van der Waals surface area contributed by atoms with Crippen LogP contribution >= 0.6 is 0 Å².